The van der Waals surface area contributed by atoms with Crippen LogP contribution in [0.4, 0.5) is 5.69 Å². The zero-order valence-corrected chi connectivity index (χ0v) is 10.4. The molecule has 1 aromatic heterocycles. The maximum atomic E-state index is 4.24. The summed E-state index contributed by atoms with van der Waals surface area (Å²) < 4.78 is 1.91. The zero-order valence-electron chi connectivity index (χ0n) is 10.4. The van der Waals surface area contributed by atoms with Crippen LogP contribution in [0.25, 0.3) is 0 Å². The van der Waals surface area contributed by atoms with Crippen molar-refractivity contribution >= 4 is 5.69 Å². The number of anilines is 1. The van der Waals surface area contributed by atoms with Gasteiger partial charge in [0.25, 0.3) is 0 Å². The van der Waals surface area contributed by atoms with Gasteiger partial charge in [0.2, 0.25) is 0 Å². The summed E-state index contributed by atoms with van der Waals surface area (Å²) in [5.74, 6) is 0. The maximum Gasteiger partial charge on any atom is 0.0758 e. The highest BCUT2D eigenvalue weighted by molar-refractivity contribution is 5.46. The highest BCUT2D eigenvalue weighted by Crippen LogP contribution is 2.16. The van der Waals surface area contributed by atoms with Crippen LogP contribution in [0.5, 0.6) is 0 Å². The van der Waals surface area contributed by atoms with Crippen LogP contribution in [0.2, 0.25) is 0 Å². The zero-order chi connectivity index (χ0) is 11.3. The fraction of sp³-hybridized carbons (Fsp3) is 0.750. The SMILES string of the molecule is CCCCC(CC)Nc1cnn(C)c1C. The van der Waals surface area contributed by atoms with E-state index in [1.165, 1.54) is 37.1 Å². The van der Waals surface area contributed by atoms with E-state index in [0.29, 0.717) is 6.04 Å². The van der Waals surface area contributed by atoms with Gasteiger partial charge >= 0.3 is 0 Å². The molecule has 0 aliphatic rings. The van der Waals surface area contributed by atoms with Gasteiger partial charge in [-0.25, -0.2) is 0 Å². The minimum atomic E-state index is 0.591. The number of aromatic nitrogens is 2. The molecular weight excluding hydrogens is 186 g/mol. The lowest BCUT2D eigenvalue weighted by Crippen LogP contribution is -2.18. The van der Waals surface area contributed by atoms with Crippen molar-refractivity contribution < 1.29 is 0 Å². The number of hydrogen-bond acceptors (Lipinski definition) is 2. The fourth-order valence-electron chi connectivity index (χ4n) is 1.69. The molecule has 0 radical (unpaired) electrons. The highest BCUT2D eigenvalue weighted by Gasteiger charge is 2.09. The summed E-state index contributed by atoms with van der Waals surface area (Å²) in [5, 5.41) is 7.81. The standard InChI is InChI=1S/C12H23N3/c1-5-7-8-11(6-2)14-12-9-13-15(4)10(12)3/h9,11,14H,5-8H2,1-4H3. The molecule has 1 unspecified atom stereocenters. The van der Waals surface area contributed by atoms with Crippen molar-refractivity contribution in [1.29, 1.82) is 0 Å². The summed E-state index contributed by atoms with van der Waals surface area (Å²) in [6.45, 7) is 6.57. The molecule has 0 fully saturated rings. The lowest BCUT2D eigenvalue weighted by molar-refractivity contribution is 0.593. The van der Waals surface area contributed by atoms with E-state index in [-0.39, 0.29) is 0 Å². The van der Waals surface area contributed by atoms with E-state index in [9.17, 15) is 0 Å². The summed E-state index contributed by atoms with van der Waals surface area (Å²) >= 11 is 0. The Morgan fingerprint density at radius 1 is 1.47 bits per heavy atom. The molecule has 3 heteroatoms. The molecule has 0 aromatic carbocycles. The van der Waals surface area contributed by atoms with Gasteiger partial charge in [-0.15, -0.1) is 0 Å². The van der Waals surface area contributed by atoms with Gasteiger partial charge in [0.05, 0.1) is 17.6 Å². The van der Waals surface area contributed by atoms with Gasteiger partial charge in [0, 0.05) is 13.1 Å². The first-order valence-corrected chi connectivity index (χ1v) is 5.94. The van der Waals surface area contributed by atoms with Crippen molar-refractivity contribution in [3.8, 4) is 0 Å². The number of rotatable bonds is 6. The Balaban J connectivity index is 2.54. The monoisotopic (exact) mass is 209 g/mol. The van der Waals surface area contributed by atoms with Crippen LogP contribution < -0.4 is 5.32 Å². The third-order valence-electron chi connectivity index (χ3n) is 2.99. The largest absolute Gasteiger partial charge is 0.380 e. The minimum Gasteiger partial charge on any atom is -0.380 e. The van der Waals surface area contributed by atoms with Crippen LogP contribution in [-0.4, -0.2) is 15.8 Å². The third kappa shape index (κ3) is 3.26. The Morgan fingerprint density at radius 3 is 2.67 bits per heavy atom. The minimum absolute atomic E-state index is 0.591. The van der Waals surface area contributed by atoms with E-state index in [2.05, 4.69) is 31.2 Å². The molecule has 0 aliphatic carbocycles. The van der Waals surface area contributed by atoms with E-state index in [1.807, 2.05) is 17.9 Å². The molecule has 0 saturated heterocycles. The van der Waals surface area contributed by atoms with Crippen molar-refractivity contribution in [2.75, 3.05) is 5.32 Å². The van der Waals surface area contributed by atoms with Gasteiger partial charge in [-0.2, -0.15) is 5.10 Å². The van der Waals surface area contributed by atoms with Crippen molar-refractivity contribution in [3.63, 3.8) is 0 Å². The van der Waals surface area contributed by atoms with Gasteiger partial charge in [0.15, 0.2) is 0 Å². The highest BCUT2D eigenvalue weighted by atomic mass is 15.3. The van der Waals surface area contributed by atoms with Crippen LogP contribution in [0.15, 0.2) is 6.20 Å². The Bertz CT molecular complexity index is 291. The first-order valence-electron chi connectivity index (χ1n) is 5.94. The topological polar surface area (TPSA) is 29.9 Å². The molecule has 1 N–H and O–H groups in total. The summed E-state index contributed by atoms with van der Waals surface area (Å²) in [6, 6.07) is 0.591. The molecule has 3 nitrogen and oxygen atoms in total. The van der Waals surface area contributed by atoms with E-state index < -0.39 is 0 Å². The van der Waals surface area contributed by atoms with Crippen molar-refractivity contribution in [1.82, 2.24) is 9.78 Å². The van der Waals surface area contributed by atoms with E-state index in [1.54, 1.807) is 0 Å². The molecule has 1 aromatic rings. The maximum absolute atomic E-state index is 4.24. The van der Waals surface area contributed by atoms with Gasteiger partial charge in [-0.1, -0.05) is 26.7 Å². The van der Waals surface area contributed by atoms with Gasteiger partial charge in [-0.05, 0) is 19.8 Å². The fourth-order valence-corrected chi connectivity index (χ4v) is 1.69. The average molecular weight is 209 g/mol. The molecular formula is C12H23N3. The molecule has 0 bridgehead atoms. The van der Waals surface area contributed by atoms with Crippen LogP contribution in [-0.2, 0) is 7.05 Å². The Morgan fingerprint density at radius 2 is 2.20 bits per heavy atom. The molecule has 0 spiro atoms. The van der Waals surface area contributed by atoms with E-state index in [0.717, 1.165) is 0 Å². The summed E-state index contributed by atoms with van der Waals surface area (Å²) in [6.07, 6.45) is 6.91. The second-order valence-corrected chi connectivity index (χ2v) is 4.16. The van der Waals surface area contributed by atoms with Gasteiger partial charge in [0.1, 0.15) is 0 Å². The number of unbranched alkanes of at least 4 members (excludes halogenated alkanes) is 1. The number of aryl methyl sites for hydroxylation is 1. The lowest BCUT2D eigenvalue weighted by Gasteiger charge is -2.17. The number of hydrogen-bond donors (Lipinski definition) is 1. The first kappa shape index (κ1) is 12.1. The molecule has 15 heavy (non-hydrogen) atoms. The second-order valence-electron chi connectivity index (χ2n) is 4.16. The molecule has 1 atom stereocenters. The number of nitrogens with zero attached hydrogens (tertiary/aromatic N) is 2. The van der Waals surface area contributed by atoms with Crippen LogP contribution in [0.1, 0.15) is 45.2 Å². The Kier molecular flexibility index (Phi) is 4.66. The summed E-state index contributed by atoms with van der Waals surface area (Å²) in [4.78, 5) is 0. The number of nitrogens with one attached hydrogen (secondary N) is 1. The third-order valence-corrected chi connectivity index (χ3v) is 2.99. The predicted octanol–water partition coefficient (Wildman–Crippen LogP) is 3.11. The van der Waals surface area contributed by atoms with Crippen molar-refractivity contribution in [2.24, 2.45) is 7.05 Å². The molecule has 0 aliphatic heterocycles. The molecule has 86 valence electrons. The predicted molar refractivity (Wildman–Crippen MR) is 65.2 cm³/mol. The Hall–Kier alpha value is -0.990. The molecule has 0 amide bonds. The first-order chi connectivity index (χ1) is 7.19. The summed E-state index contributed by atoms with van der Waals surface area (Å²) in [7, 11) is 1.98. The smallest absolute Gasteiger partial charge is 0.0758 e. The van der Waals surface area contributed by atoms with Crippen LogP contribution in [0.3, 0.4) is 0 Å². The molecule has 1 rings (SSSR count). The molecule has 1 heterocycles. The van der Waals surface area contributed by atoms with Crippen molar-refractivity contribution in [2.45, 2.75) is 52.5 Å². The summed E-state index contributed by atoms with van der Waals surface area (Å²) in [5.41, 5.74) is 2.39. The van der Waals surface area contributed by atoms with Crippen LogP contribution >= 0.6 is 0 Å². The van der Waals surface area contributed by atoms with Crippen LogP contribution in [0, 0.1) is 6.92 Å². The van der Waals surface area contributed by atoms with E-state index >= 15 is 0 Å². The van der Waals surface area contributed by atoms with Gasteiger partial charge in [-0.3, -0.25) is 4.68 Å². The second kappa shape index (κ2) is 5.79. The van der Waals surface area contributed by atoms with Gasteiger partial charge < -0.3 is 5.32 Å². The quantitative estimate of drug-likeness (QED) is 0.780. The van der Waals surface area contributed by atoms with E-state index in [4.69, 9.17) is 0 Å². The molecule has 0 saturated carbocycles. The lowest BCUT2D eigenvalue weighted by atomic mass is 10.1. The average Bonchev–Trinajstić information content (AvgIpc) is 2.55. The van der Waals surface area contributed by atoms with Crippen molar-refractivity contribution in [3.05, 3.63) is 11.9 Å². The normalized spacial score (nSPS) is 12.8. The Labute approximate surface area is 92.9 Å².